The molecule has 0 aromatic heterocycles. The summed E-state index contributed by atoms with van der Waals surface area (Å²) in [5.41, 5.74) is 17.3. The van der Waals surface area contributed by atoms with E-state index in [0.717, 1.165) is 31.4 Å². The second kappa shape index (κ2) is 20.4. The zero-order valence-corrected chi connectivity index (χ0v) is 18.7. The Bertz CT molecular complexity index is 570. The average Bonchev–Trinajstić information content (AvgIpc) is 2.72. The predicted octanol–water partition coefficient (Wildman–Crippen LogP) is 3.86. The van der Waals surface area contributed by atoms with Crippen molar-refractivity contribution in [3.63, 3.8) is 0 Å². The molecule has 0 fully saturated rings. The molecule has 1 unspecified atom stereocenters. The van der Waals surface area contributed by atoms with Gasteiger partial charge >= 0.3 is 0 Å². The molecule has 1 atom stereocenters. The lowest BCUT2D eigenvalue weighted by molar-refractivity contribution is -0.119. The van der Waals surface area contributed by atoms with Gasteiger partial charge in [0.25, 0.3) is 0 Å². The maximum atomic E-state index is 10.7. The molecule has 0 aliphatic heterocycles. The second-order valence-corrected chi connectivity index (χ2v) is 6.42. The Kier molecular flexibility index (Phi) is 20.3. The number of primary amides is 2. The van der Waals surface area contributed by atoms with Crippen molar-refractivity contribution in [2.45, 2.75) is 78.7 Å². The number of carbonyl (C=O) groups is 2. The van der Waals surface area contributed by atoms with Crippen LogP contribution in [0.15, 0.2) is 36.4 Å². The Morgan fingerprint density at radius 2 is 1.62 bits per heavy atom. The molecular formula is C23H41N3O3. The average molecular weight is 408 g/mol. The number of rotatable bonds is 12. The van der Waals surface area contributed by atoms with Crippen LogP contribution in [0.5, 0.6) is 5.75 Å². The van der Waals surface area contributed by atoms with E-state index in [2.05, 4.69) is 0 Å². The highest BCUT2D eigenvalue weighted by Gasteiger charge is 2.06. The maximum absolute atomic E-state index is 10.7. The predicted molar refractivity (Wildman–Crippen MR) is 122 cm³/mol. The number of nitrogens with two attached hydrogens (primary N) is 3. The lowest BCUT2D eigenvalue weighted by Gasteiger charge is -2.13. The molecule has 1 rings (SSSR count). The van der Waals surface area contributed by atoms with E-state index in [9.17, 15) is 9.59 Å². The van der Waals surface area contributed by atoms with E-state index in [1.165, 1.54) is 5.56 Å². The third kappa shape index (κ3) is 20.2. The minimum Gasteiger partial charge on any atom is -0.492 e. The van der Waals surface area contributed by atoms with Crippen molar-refractivity contribution in [2.24, 2.45) is 17.2 Å². The van der Waals surface area contributed by atoms with Crippen LogP contribution in [0, 0.1) is 0 Å². The molecule has 6 nitrogen and oxygen atoms in total. The van der Waals surface area contributed by atoms with Crippen LogP contribution >= 0.6 is 0 Å². The van der Waals surface area contributed by atoms with Gasteiger partial charge in [-0.15, -0.1) is 0 Å². The standard InChI is InChI=1S/C17H27N3O3.C4H8.C2H6/c18-14(9-10-17(20)22)12-23-15-7-4-6-13(11-15)5-2-1-3-8-16(19)21;1-3-4-2;1-2/h4,6-7,11,14H,1-3,5,8-10,12,18H2,(H2,19,21)(H2,20,22);3-4H,1-2H3;1-2H3/b;4-3-;. The van der Waals surface area contributed by atoms with Crippen molar-refractivity contribution in [1.29, 1.82) is 0 Å². The highest BCUT2D eigenvalue weighted by molar-refractivity contribution is 5.73. The first-order chi connectivity index (χ1) is 13.9. The van der Waals surface area contributed by atoms with Crippen LogP contribution in [-0.2, 0) is 16.0 Å². The van der Waals surface area contributed by atoms with Gasteiger partial charge in [0, 0.05) is 18.9 Å². The first-order valence-corrected chi connectivity index (χ1v) is 10.5. The summed E-state index contributed by atoms with van der Waals surface area (Å²) in [6, 6.07) is 7.67. The summed E-state index contributed by atoms with van der Waals surface area (Å²) in [6.45, 7) is 8.36. The fraction of sp³-hybridized carbons (Fsp3) is 0.565. The topological polar surface area (TPSA) is 121 Å². The number of ether oxygens (including phenoxy) is 1. The van der Waals surface area contributed by atoms with Crippen LogP contribution < -0.4 is 21.9 Å². The van der Waals surface area contributed by atoms with Crippen molar-refractivity contribution in [3.8, 4) is 5.75 Å². The molecule has 29 heavy (non-hydrogen) atoms. The number of amides is 2. The van der Waals surface area contributed by atoms with Gasteiger partial charge in [-0.3, -0.25) is 9.59 Å². The number of allylic oxidation sites excluding steroid dienone is 2. The number of hydrogen-bond acceptors (Lipinski definition) is 4. The minimum absolute atomic E-state index is 0.208. The molecule has 1 aromatic rings. The van der Waals surface area contributed by atoms with E-state index < -0.39 is 0 Å². The van der Waals surface area contributed by atoms with Crippen LogP contribution in [0.3, 0.4) is 0 Å². The summed E-state index contributed by atoms with van der Waals surface area (Å²) >= 11 is 0. The Morgan fingerprint density at radius 3 is 2.17 bits per heavy atom. The number of unbranched alkanes of at least 4 members (excludes halogenated alkanes) is 2. The largest absolute Gasteiger partial charge is 0.492 e. The fourth-order valence-corrected chi connectivity index (χ4v) is 2.21. The zero-order valence-electron chi connectivity index (χ0n) is 18.7. The van der Waals surface area contributed by atoms with Gasteiger partial charge in [0.2, 0.25) is 11.8 Å². The quantitative estimate of drug-likeness (QED) is 0.360. The third-order valence-electron chi connectivity index (χ3n) is 3.85. The van der Waals surface area contributed by atoms with Crippen molar-refractivity contribution in [1.82, 2.24) is 0 Å². The highest BCUT2D eigenvalue weighted by atomic mass is 16.5. The molecule has 0 spiro atoms. The molecule has 0 saturated heterocycles. The van der Waals surface area contributed by atoms with Gasteiger partial charge in [-0.1, -0.05) is 44.6 Å². The van der Waals surface area contributed by atoms with Gasteiger partial charge in [-0.2, -0.15) is 0 Å². The molecule has 0 saturated carbocycles. The minimum atomic E-state index is -0.348. The van der Waals surface area contributed by atoms with Gasteiger partial charge in [0.1, 0.15) is 12.4 Å². The van der Waals surface area contributed by atoms with E-state index in [-0.39, 0.29) is 24.3 Å². The van der Waals surface area contributed by atoms with E-state index >= 15 is 0 Å². The monoisotopic (exact) mass is 407 g/mol. The van der Waals surface area contributed by atoms with Gasteiger partial charge in [0.05, 0.1) is 0 Å². The molecule has 1 aromatic carbocycles. The summed E-state index contributed by atoms with van der Waals surface area (Å²) in [4.78, 5) is 21.4. The van der Waals surface area contributed by atoms with Crippen LogP contribution in [0.25, 0.3) is 0 Å². The third-order valence-corrected chi connectivity index (χ3v) is 3.85. The Balaban J connectivity index is 0. The van der Waals surface area contributed by atoms with E-state index in [1.54, 1.807) is 0 Å². The van der Waals surface area contributed by atoms with Crippen molar-refractivity contribution in [2.75, 3.05) is 6.61 Å². The number of hydrogen-bond donors (Lipinski definition) is 3. The van der Waals surface area contributed by atoms with Gasteiger partial charge in [-0.25, -0.2) is 0 Å². The van der Waals surface area contributed by atoms with E-state index in [4.69, 9.17) is 21.9 Å². The molecule has 0 heterocycles. The van der Waals surface area contributed by atoms with Crippen LogP contribution in [-0.4, -0.2) is 24.5 Å². The SMILES string of the molecule is C/C=C\C.CC.NC(=O)CCCCCc1cccc(OCC(N)CCC(N)=O)c1. The van der Waals surface area contributed by atoms with Crippen molar-refractivity contribution < 1.29 is 14.3 Å². The Labute approximate surface area is 176 Å². The zero-order chi connectivity index (χ0) is 22.5. The molecule has 0 aliphatic carbocycles. The summed E-state index contributed by atoms with van der Waals surface area (Å²) in [7, 11) is 0. The molecule has 6 heteroatoms. The highest BCUT2D eigenvalue weighted by Crippen LogP contribution is 2.16. The van der Waals surface area contributed by atoms with Gasteiger partial charge < -0.3 is 21.9 Å². The smallest absolute Gasteiger partial charge is 0.217 e. The molecule has 0 radical (unpaired) electrons. The summed E-state index contributed by atoms with van der Waals surface area (Å²) < 4.78 is 5.66. The molecule has 0 aliphatic rings. The molecule has 0 bridgehead atoms. The first kappa shape index (κ1) is 28.9. The number of aryl methyl sites for hydroxylation is 1. The second-order valence-electron chi connectivity index (χ2n) is 6.42. The Hall–Kier alpha value is -2.34. The van der Waals surface area contributed by atoms with Gasteiger partial charge in [-0.05, 0) is 57.2 Å². The van der Waals surface area contributed by atoms with Crippen LogP contribution in [0.1, 0.15) is 71.8 Å². The summed E-state index contributed by atoms with van der Waals surface area (Å²) in [5, 5.41) is 0. The number of benzene rings is 1. The van der Waals surface area contributed by atoms with E-state index in [1.807, 2.05) is 64.1 Å². The lowest BCUT2D eigenvalue weighted by Crippen LogP contribution is -2.29. The number of carbonyl (C=O) groups excluding carboxylic acids is 2. The summed E-state index contributed by atoms with van der Waals surface area (Å²) in [6.07, 6.45) is 9.00. The molecular weight excluding hydrogens is 366 g/mol. The molecule has 6 N–H and O–H groups in total. The molecule has 2 amide bonds. The normalized spacial score (nSPS) is 10.9. The fourth-order valence-electron chi connectivity index (χ4n) is 2.21. The maximum Gasteiger partial charge on any atom is 0.217 e. The van der Waals surface area contributed by atoms with Gasteiger partial charge in [0.15, 0.2) is 0 Å². The first-order valence-electron chi connectivity index (χ1n) is 10.5. The lowest BCUT2D eigenvalue weighted by atomic mass is 10.1. The van der Waals surface area contributed by atoms with Crippen LogP contribution in [0.2, 0.25) is 0 Å². The van der Waals surface area contributed by atoms with Crippen molar-refractivity contribution in [3.05, 3.63) is 42.0 Å². The van der Waals surface area contributed by atoms with E-state index in [0.29, 0.717) is 19.4 Å². The van der Waals surface area contributed by atoms with Crippen LogP contribution in [0.4, 0.5) is 0 Å². The summed E-state index contributed by atoms with van der Waals surface area (Å²) in [5.74, 6) is 0.181. The Morgan fingerprint density at radius 1 is 1.00 bits per heavy atom. The molecule has 166 valence electrons. The van der Waals surface area contributed by atoms with Crippen molar-refractivity contribution >= 4 is 11.8 Å².